The molecule has 0 radical (unpaired) electrons. The van der Waals surface area contributed by atoms with Gasteiger partial charge >= 0.3 is 0 Å². The molecule has 0 aliphatic rings. The minimum atomic E-state index is -0.511. The Labute approximate surface area is 101 Å². The third-order valence-electron chi connectivity index (χ3n) is 4.05. The van der Waals surface area contributed by atoms with E-state index in [-0.39, 0.29) is 6.10 Å². The lowest BCUT2D eigenvalue weighted by Crippen LogP contribution is -2.35. The maximum Gasteiger partial charge on any atom is 0.0668 e. The first kappa shape index (κ1) is 15.9. The Kier molecular flexibility index (Phi) is 7.25. The maximum absolute atomic E-state index is 10.3. The molecule has 2 nitrogen and oxygen atoms in total. The van der Waals surface area contributed by atoms with Crippen LogP contribution in [-0.2, 0) is 0 Å². The summed E-state index contributed by atoms with van der Waals surface area (Å²) in [4.78, 5) is 0. The van der Waals surface area contributed by atoms with E-state index in [9.17, 15) is 10.2 Å². The molecule has 0 spiro atoms. The van der Waals surface area contributed by atoms with E-state index in [1.807, 2.05) is 27.7 Å². The lowest BCUT2D eigenvalue weighted by atomic mass is 9.81. The fourth-order valence-corrected chi connectivity index (χ4v) is 2.18. The van der Waals surface area contributed by atoms with Gasteiger partial charge < -0.3 is 10.2 Å². The SMILES string of the molecule is CCC(O)(CC)C(C)CCCC(O)C(C)C. The van der Waals surface area contributed by atoms with Gasteiger partial charge in [0.25, 0.3) is 0 Å². The molecule has 2 atom stereocenters. The molecular formula is C14H30O2. The van der Waals surface area contributed by atoms with E-state index in [1.165, 1.54) is 0 Å². The summed E-state index contributed by atoms with van der Waals surface area (Å²) in [6.07, 6.45) is 4.30. The summed E-state index contributed by atoms with van der Waals surface area (Å²) in [6.45, 7) is 10.3. The van der Waals surface area contributed by atoms with Crippen LogP contribution in [0.4, 0.5) is 0 Å². The molecule has 0 rings (SSSR count). The maximum atomic E-state index is 10.3. The first-order chi connectivity index (χ1) is 7.37. The summed E-state index contributed by atoms with van der Waals surface area (Å²) in [5.41, 5.74) is -0.511. The van der Waals surface area contributed by atoms with Gasteiger partial charge in [0.05, 0.1) is 11.7 Å². The van der Waals surface area contributed by atoms with Gasteiger partial charge in [-0.25, -0.2) is 0 Å². The van der Waals surface area contributed by atoms with Crippen molar-refractivity contribution in [3.63, 3.8) is 0 Å². The van der Waals surface area contributed by atoms with Crippen LogP contribution in [0, 0.1) is 11.8 Å². The lowest BCUT2D eigenvalue weighted by Gasteiger charge is -2.32. The molecule has 0 aromatic rings. The molecule has 0 fully saturated rings. The lowest BCUT2D eigenvalue weighted by molar-refractivity contribution is -0.0241. The van der Waals surface area contributed by atoms with Crippen molar-refractivity contribution in [2.24, 2.45) is 11.8 Å². The fourth-order valence-electron chi connectivity index (χ4n) is 2.18. The van der Waals surface area contributed by atoms with Crippen molar-refractivity contribution in [1.82, 2.24) is 0 Å². The highest BCUT2D eigenvalue weighted by molar-refractivity contribution is 4.81. The molecule has 16 heavy (non-hydrogen) atoms. The summed E-state index contributed by atoms with van der Waals surface area (Å²) in [6, 6.07) is 0. The topological polar surface area (TPSA) is 40.5 Å². The minimum absolute atomic E-state index is 0.191. The van der Waals surface area contributed by atoms with Crippen molar-refractivity contribution in [2.45, 2.75) is 78.4 Å². The van der Waals surface area contributed by atoms with Crippen LogP contribution >= 0.6 is 0 Å². The summed E-state index contributed by atoms with van der Waals surface area (Å²) < 4.78 is 0. The molecule has 0 aromatic carbocycles. The number of aliphatic hydroxyl groups excluding tert-OH is 1. The largest absolute Gasteiger partial charge is 0.393 e. The van der Waals surface area contributed by atoms with Crippen molar-refractivity contribution >= 4 is 0 Å². The van der Waals surface area contributed by atoms with E-state index in [2.05, 4.69) is 6.92 Å². The minimum Gasteiger partial charge on any atom is -0.393 e. The highest BCUT2D eigenvalue weighted by Gasteiger charge is 2.29. The molecule has 0 heterocycles. The second-order valence-corrected chi connectivity index (χ2v) is 5.45. The second-order valence-electron chi connectivity index (χ2n) is 5.45. The van der Waals surface area contributed by atoms with E-state index in [4.69, 9.17) is 0 Å². The smallest absolute Gasteiger partial charge is 0.0668 e. The number of rotatable bonds is 8. The summed E-state index contributed by atoms with van der Waals surface area (Å²) >= 11 is 0. The predicted molar refractivity (Wildman–Crippen MR) is 69.4 cm³/mol. The van der Waals surface area contributed by atoms with Gasteiger partial charge in [-0.2, -0.15) is 0 Å². The molecule has 0 saturated heterocycles. The van der Waals surface area contributed by atoms with Gasteiger partial charge in [0.1, 0.15) is 0 Å². The first-order valence-corrected chi connectivity index (χ1v) is 6.77. The van der Waals surface area contributed by atoms with E-state index in [0.29, 0.717) is 11.8 Å². The fraction of sp³-hybridized carbons (Fsp3) is 1.00. The standard InChI is InChI=1S/C14H30O2/c1-6-14(16,7-2)12(5)9-8-10-13(15)11(3)4/h11-13,15-16H,6-10H2,1-5H3. The molecule has 2 N–H and O–H groups in total. The van der Waals surface area contributed by atoms with Crippen LogP contribution in [0.15, 0.2) is 0 Å². The molecule has 0 aliphatic heterocycles. The van der Waals surface area contributed by atoms with Crippen LogP contribution in [0.25, 0.3) is 0 Å². The zero-order valence-corrected chi connectivity index (χ0v) is 11.7. The van der Waals surface area contributed by atoms with Gasteiger partial charge in [0.15, 0.2) is 0 Å². The van der Waals surface area contributed by atoms with Gasteiger partial charge in [-0.05, 0) is 37.5 Å². The Balaban J connectivity index is 3.93. The normalized spacial score (nSPS) is 16.5. The van der Waals surface area contributed by atoms with E-state index < -0.39 is 5.60 Å². The van der Waals surface area contributed by atoms with E-state index in [1.54, 1.807) is 0 Å². The third kappa shape index (κ3) is 4.84. The van der Waals surface area contributed by atoms with Crippen LogP contribution in [0.1, 0.15) is 66.7 Å². The number of hydrogen-bond acceptors (Lipinski definition) is 2. The highest BCUT2D eigenvalue weighted by Crippen LogP contribution is 2.29. The number of hydrogen-bond donors (Lipinski definition) is 2. The van der Waals surface area contributed by atoms with Crippen molar-refractivity contribution in [3.8, 4) is 0 Å². The Morgan fingerprint density at radius 2 is 1.50 bits per heavy atom. The zero-order valence-electron chi connectivity index (χ0n) is 11.7. The van der Waals surface area contributed by atoms with Crippen LogP contribution in [0.2, 0.25) is 0 Å². The Morgan fingerprint density at radius 3 is 1.88 bits per heavy atom. The molecular weight excluding hydrogens is 200 g/mol. The summed E-state index contributed by atoms with van der Waals surface area (Å²) in [5.74, 6) is 0.661. The van der Waals surface area contributed by atoms with Crippen LogP contribution < -0.4 is 0 Å². The molecule has 98 valence electrons. The molecule has 0 saturated carbocycles. The Bertz CT molecular complexity index is 174. The van der Waals surface area contributed by atoms with Gasteiger partial charge in [-0.3, -0.25) is 0 Å². The van der Waals surface area contributed by atoms with Crippen molar-refractivity contribution < 1.29 is 10.2 Å². The average molecular weight is 230 g/mol. The Hall–Kier alpha value is -0.0800. The molecule has 0 aromatic heterocycles. The first-order valence-electron chi connectivity index (χ1n) is 6.77. The average Bonchev–Trinajstić information content (AvgIpc) is 2.27. The predicted octanol–water partition coefficient (Wildman–Crippen LogP) is 3.36. The van der Waals surface area contributed by atoms with Gasteiger partial charge in [-0.1, -0.05) is 41.0 Å². The molecule has 2 heteroatoms. The molecule has 0 amide bonds. The van der Waals surface area contributed by atoms with Crippen LogP contribution in [0.3, 0.4) is 0 Å². The highest BCUT2D eigenvalue weighted by atomic mass is 16.3. The van der Waals surface area contributed by atoms with Crippen molar-refractivity contribution in [2.75, 3.05) is 0 Å². The number of aliphatic hydroxyl groups is 2. The van der Waals surface area contributed by atoms with Gasteiger partial charge in [0.2, 0.25) is 0 Å². The Morgan fingerprint density at radius 1 is 1.00 bits per heavy atom. The monoisotopic (exact) mass is 230 g/mol. The van der Waals surface area contributed by atoms with Crippen LogP contribution in [0.5, 0.6) is 0 Å². The molecule has 2 unspecified atom stereocenters. The van der Waals surface area contributed by atoms with Gasteiger partial charge in [-0.15, -0.1) is 0 Å². The van der Waals surface area contributed by atoms with E-state index >= 15 is 0 Å². The quantitative estimate of drug-likeness (QED) is 0.671. The van der Waals surface area contributed by atoms with Crippen molar-refractivity contribution in [1.29, 1.82) is 0 Å². The molecule has 0 bridgehead atoms. The van der Waals surface area contributed by atoms with Crippen LogP contribution in [-0.4, -0.2) is 21.9 Å². The molecule has 0 aliphatic carbocycles. The van der Waals surface area contributed by atoms with Gasteiger partial charge in [0, 0.05) is 0 Å². The zero-order chi connectivity index (χ0) is 12.8. The summed E-state index contributed by atoms with van der Waals surface area (Å²) in [5, 5.41) is 20.0. The van der Waals surface area contributed by atoms with Crippen molar-refractivity contribution in [3.05, 3.63) is 0 Å². The second kappa shape index (κ2) is 7.29. The summed E-state index contributed by atoms with van der Waals surface area (Å²) in [7, 11) is 0. The third-order valence-corrected chi connectivity index (χ3v) is 4.05. The van der Waals surface area contributed by atoms with E-state index in [0.717, 1.165) is 32.1 Å².